The van der Waals surface area contributed by atoms with E-state index in [1.165, 1.54) is 80.8 Å². The standard InChI is InChI=1S/C21H21FN4O6S/c1-25(2)33(29,30)16-8-9-19(31-3)17(10-16)24-20(27)12-32-21(28)18-11-23-13-26(18)15-6-4-14(22)5-7-15/h4-11,13H,12H2,1-3H3,(H,24,27). The van der Waals surface area contributed by atoms with E-state index in [2.05, 4.69) is 10.3 Å². The fourth-order valence-corrected chi connectivity index (χ4v) is 3.73. The van der Waals surface area contributed by atoms with Crippen LogP contribution in [0.4, 0.5) is 10.1 Å². The van der Waals surface area contributed by atoms with E-state index < -0.39 is 34.3 Å². The summed E-state index contributed by atoms with van der Waals surface area (Å²) < 4.78 is 50.5. The molecule has 0 aliphatic rings. The summed E-state index contributed by atoms with van der Waals surface area (Å²) in [6, 6.07) is 9.38. The highest BCUT2D eigenvalue weighted by Gasteiger charge is 2.21. The lowest BCUT2D eigenvalue weighted by Gasteiger charge is -2.15. The number of ether oxygens (including phenoxy) is 2. The number of nitrogens with zero attached hydrogens (tertiary/aromatic N) is 3. The molecule has 174 valence electrons. The molecule has 0 radical (unpaired) electrons. The minimum atomic E-state index is -3.74. The minimum absolute atomic E-state index is 0.0334. The Hall–Kier alpha value is -3.77. The van der Waals surface area contributed by atoms with Crippen LogP contribution >= 0.6 is 0 Å². The zero-order chi connectivity index (χ0) is 24.2. The molecule has 0 saturated carbocycles. The molecule has 33 heavy (non-hydrogen) atoms. The lowest BCUT2D eigenvalue weighted by molar-refractivity contribution is -0.119. The van der Waals surface area contributed by atoms with Crippen molar-refractivity contribution in [2.24, 2.45) is 0 Å². The van der Waals surface area contributed by atoms with Crippen LogP contribution in [0.5, 0.6) is 5.75 Å². The molecular weight excluding hydrogens is 455 g/mol. The third-order valence-electron chi connectivity index (χ3n) is 4.51. The zero-order valence-electron chi connectivity index (χ0n) is 18.0. The van der Waals surface area contributed by atoms with Crippen molar-refractivity contribution in [2.45, 2.75) is 4.90 Å². The van der Waals surface area contributed by atoms with Crippen LogP contribution in [0.1, 0.15) is 10.5 Å². The number of halogens is 1. The van der Waals surface area contributed by atoms with Gasteiger partial charge in [0.25, 0.3) is 5.91 Å². The number of carbonyl (C=O) groups is 2. The van der Waals surface area contributed by atoms with Crippen molar-refractivity contribution in [3.8, 4) is 11.4 Å². The van der Waals surface area contributed by atoms with Crippen LogP contribution < -0.4 is 10.1 Å². The predicted octanol–water partition coefficient (Wildman–Crippen LogP) is 2.07. The van der Waals surface area contributed by atoms with Gasteiger partial charge >= 0.3 is 5.97 Å². The molecule has 0 saturated heterocycles. The third kappa shape index (κ3) is 5.35. The fraction of sp³-hybridized carbons (Fsp3) is 0.190. The third-order valence-corrected chi connectivity index (χ3v) is 6.32. The van der Waals surface area contributed by atoms with Crippen LogP contribution in [-0.4, -0.2) is 62.0 Å². The van der Waals surface area contributed by atoms with Crippen molar-refractivity contribution >= 4 is 27.6 Å². The molecule has 0 spiro atoms. The highest BCUT2D eigenvalue weighted by atomic mass is 32.2. The average Bonchev–Trinajstić information content (AvgIpc) is 3.28. The molecule has 12 heteroatoms. The SMILES string of the molecule is COc1ccc(S(=O)(=O)N(C)C)cc1NC(=O)COC(=O)c1cncn1-c1ccc(F)cc1. The normalized spacial score (nSPS) is 11.3. The van der Waals surface area contributed by atoms with Gasteiger partial charge in [-0.15, -0.1) is 0 Å². The number of methoxy groups -OCH3 is 1. The molecule has 0 aliphatic heterocycles. The Morgan fingerprint density at radius 2 is 1.85 bits per heavy atom. The molecule has 10 nitrogen and oxygen atoms in total. The molecule has 3 aromatic rings. The molecule has 0 fully saturated rings. The Kier molecular flexibility index (Phi) is 7.09. The summed E-state index contributed by atoms with van der Waals surface area (Å²) in [5, 5.41) is 2.48. The first kappa shape index (κ1) is 23.9. The molecule has 0 bridgehead atoms. The monoisotopic (exact) mass is 476 g/mol. The van der Waals surface area contributed by atoms with Gasteiger partial charge in [-0.05, 0) is 42.5 Å². The maximum absolute atomic E-state index is 13.2. The first-order chi connectivity index (χ1) is 15.6. The molecule has 1 heterocycles. The van der Waals surface area contributed by atoms with Crippen LogP contribution in [0, 0.1) is 5.82 Å². The number of aromatic nitrogens is 2. The molecule has 0 aliphatic carbocycles. The number of benzene rings is 2. The van der Waals surface area contributed by atoms with Crippen LogP contribution in [-0.2, 0) is 19.6 Å². The first-order valence-electron chi connectivity index (χ1n) is 9.49. The fourth-order valence-electron chi connectivity index (χ4n) is 2.80. The van der Waals surface area contributed by atoms with Gasteiger partial charge < -0.3 is 14.8 Å². The van der Waals surface area contributed by atoms with E-state index in [1.54, 1.807) is 0 Å². The lowest BCUT2D eigenvalue weighted by Crippen LogP contribution is -2.24. The highest BCUT2D eigenvalue weighted by Crippen LogP contribution is 2.28. The van der Waals surface area contributed by atoms with Gasteiger partial charge in [-0.3, -0.25) is 9.36 Å². The van der Waals surface area contributed by atoms with Gasteiger partial charge in [-0.1, -0.05) is 0 Å². The lowest BCUT2D eigenvalue weighted by atomic mass is 10.3. The predicted molar refractivity (Wildman–Crippen MR) is 116 cm³/mol. The van der Waals surface area contributed by atoms with E-state index in [9.17, 15) is 22.4 Å². The van der Waals surface area contributed by atoms with E-state index in [0.717, 1.165) is 4.31 Å². The maximum Gasteiger partial charge on any atom is 0.357 e. The highest BCUT2D eigenvalue weighted by molar-refractivity contribution is 7.89. The van der Waals surface area contributed by atoms with E-state index in [-0.39, 0.29) is 22.0 Å². The Bertz CT molecular complexity index is 1270. The number of sulfonamides is 1. The second-order valence-electron chi connectivity index (χ2n) is 6.90. The van der Waals surface area contributed by atoms with Gasteiger partial charge in [0, 0.05) is 19.8 Å². The number of imidazole rings is 1. The van der Waals surface area contributed by atoms with E-state index in [4.69, 9.17) is 9.47 Å². The molecule has 0 atom stereocenters. The molecule has 3 rings (SSSR count). The average molecular weight is 476 g/mol. The molecular formula is C21H21FN4O6S. The number of esters is 1. The number of hydrogen-bond donors (Lipinski definition) is 1. The Balaban J connectivity index is 1.71. The first-order valence-corrected chi connectivity index (χ1v) is 10.9. The summed E-state index contributed by atoms with van der Waals surface area (Å²) in [6.45, 7) is -0.652. The van der Waals surface area contributed by atoms with Gasteiger partial charge in [0.2, 0.25) is 10.0 Å². The van der Waals surface area contributed by atoms with Crippen molar-refractivity contribution in [1.82, 2.24) is 13.9 Å². The zero-order valence-corrected chi connectivity index (χ0v) is 18.8. The van der Waals surface area contributed by atoms with Crippen molar-refractivity contribution in [3.05, 3.63) is 66.5 Å². The van der Waals surface area contributed by atoms with Gasteiger partial charge in [0.1, 0.15) is 11.6 Å². The second kappa shape index (κ2) is 9.79. The Morgan fingerprint density at radius 1 is 1.15 bits per heavy atom. The van der Waals surface area contributed by atoms with Crippen molar-refractivity contribution in [1.29, 1.82) is 0 Å². The van der Waals surface area contributed by atoms with Crippen LogP contribution in [0.2, 0.25) is 0 Å². The summed E-state index contributed by atoms with van der Waals surface area (Å²) >= 11 is 0. The van der Waals surface area contributed by atoms with E-state index >= 15 is 0 Å². The molecule has 2 aromatic carbocycles. The van der Waals surface area contributed by atoms with Gasteiger partial charge in [0.15, 0.2) is 12.3 Å². The second-order valence-corrected chi connectivity index (χ2v) is 9.05. The molecule has 0 unspecified atom stereocenters. The number of carbonyl (C=O) groups excluding carboxylic acids is 2. The summed E-state index contributed by atoms with van der Waals surface area (Å²) in [4.78, 5) is 28.7. The minimum Gasteiger partial charge on any atom is -0.495 e. The van der Waals surface area contributed by atoms with Crippen molar-refractivity contribution in [2.75, 3.05) is 33.1 Å². The van der Waals surface area contributed by atoms with Crippen molar-refractivity contribution in [3.63, 3.8) is 0 Å². The Morgan fingerprint density at radius 3 is 2.48 bits per heavy atom. The van der Waals surface area contributed by atoms with Gasteiger partial charge in [-0.25, -0.2) is 26.9 Å². The molecule has 1 aromatic heterocycles. The largest absolute Gasteiger partial charge is 0.495 e. The number of hydrogen-bond acceptors (Lipinski definition) is 7. The van der Waals surface area contributed by atoms with E-state index in [0.29, 0.717) is 5.69 Å². The number of nitrogens with one attached hydrogen (secondary N) is 1. The summed E-state index contributed by atoms with van der Waals surface area (Å²) in [5.74, 6) is -1.75. The smallest absolute Gasteiger partial charge is 0.357 e. The van der Waals surface area contributed by atoms with Gasteiger partial charge in [-0.2, -0.15) is 0 Å². The topological polar surface area (TPSA) is 120 Å². The van der Waals surface area contributed by atoms with Crippen LogP contribution in [0.3, 0.4) is 0 Å². The quantitative estimate of drug-likeness (QED) is 0.494. The number of amides is 1. The van der Waals surface area contributed by atoms with Gasteiger partial charge in [0.05, 0.1) is 30.2 Å². The summed E-state index contributed by atoms with van der Waals surface area (Å²) in [5.41, 5.74) is 0.609. The van der Waals surface area contributed by atoms with Crippen LogP contribution in [0.25, 0.3) is 5.69 Å². The molecule has 1 N–H and O–H groups in total. The molecule has 1 amide bonds. The van der Waals surface area contributed by atoms with Crippen molar-refractivity contribution < 1.29 is 31.9 Å². The maximum atomic E-state index is 13.2. The summed E-state index contributed by atoms with van der Waals surface area (Å²) in [6.07, 6.45) is 2.60. The number of rotatable bonds is 8. The van der Waals surface area contributed by atoms with Crippen LogP contribution in [0.15, 0.2) is 59.9 Å². The number of anilines is 1. The summed E-state index contributed by atoms with van der Waals surface area (Å²) in [7, 11) is 0.387. The Labute approximate surface area is 189 Å². The van der Waals surface area contributed by atoms with E-state index in [1.807, 2.05) is 0 Å².